The van der Waals surface area contributed by atoms with Crippen LogP contribution in [-0.4, -0.2) is 54.3 Å². The number of hydrogen-bond donors (Lipinski definition) is 2. The maximum absolute atomic E-state index is 14.5. The average Bonchev–Trinajstić information content (AvgIpc) is 3.89. The van der Waals surface area contributed by atoms with Crippen LogP contribution in [0.3, 0.4) is 0 Å². The van der Waals surface area contributed by atoms with E-state index in [4.69, 9.17) is 33.3 Å². The van der Waals surface area contributed by atoms with Gasteiger partial charge in [0.15, 0.2) is 0 Å². The summed E-state index contributed by atoms with van der Waals surface area (Å²) in [5.74, 6) is 0.444. The van der Waals surface area contributed by atoms with Gasteiger partial charge in [0.2, 0.25) is 0 Å². The number of likely N-dealkylation sites (tertiary alicyclic amines) is 1. The number of nitrogens with one attached hydrogen (secondary N) is 2. The number of aromatic nitrogens is 5. The van der Waals surface area contributed by atoms with E-state index in [1.165, 1.54) is 32.1 Å². The number of rotatable bonds is 8. The van der Waals surface area contributed by atoms with Crippen LogP contribution < -0.4 is 5.32 Å². The van der Waals surface area contributed by atoms with Crippen molar-refractivity contribution < 1.29 is 4.79 Å². The molecule has 2 fully saturated rings. The normalized spacial score (nSPS) is 16.9. The lowest BCUT2D eigenvalue weighted by Crippen LogP contribution is -2.43. The lowest BCUT2D eigenvalue weighted by Gasteiger charge is -2.39. The third-order valence-electron chi connectivity index (χ3n) is 10.7. The molecule has 0 spiro atoms. The highest BCUT2D eigenvalue weighted by Crippen LogP contribution is 2.42. The molecule has 2 N–H and O–H groups in total. The number of nitrogens with zero attached hydrogens (tertiary/aromatic N) is 5. The van der Waals surface area contributed by atoms with E-state index < -0.39 is 0 Å². The summed E-state index contributed by atoms with van der Waals surface area (Å²) in [5.41, 5.74) is 5.61. The number of H-pyrrole nitrogens is 1. The van der Waals surface area contributed by atoms with Crippen LogP contribution >= 0.6 is 23.2 Å². The fourth-order valence-electron chi connectivity index (χ4n) is 8.02. The van der Waals surface area contributed by atoms with Gasteiger partial charge < -0.3 is 19.8 Å². The zero-order valence-electron chi connectivity index (χ0n) is 28.2. The maximum atomic E-state index is 14.5. The largest absolute Gasteiger partial charge is 0.350 e. The molecule has 1 amide bonds. The summed E-state index contributed by atoms with van der Waals surface area (Å²) in [6.45, 7) is 4.26. The van der Waals surface area contributed by atoms with E-state index in [1.54, 1.807) is 6.20 Å². The Kier molecular flexibility index (Phi) is 9.25. The first-order chi connectivity index (χ1) is 24.4. The van der Waals surface area contributed by atoms with E-state index in [1.807, 2.05) is 89.9 Å². The lowest BCUT2D eigenvalue weighted by molar-refractivity contribution is 0.101. The molecule has 1 saturated heterocycles. The smallest absolute Gasteiger partial charge is 0.273 e. The second-order valence-electron chi connectivity index (χ2n) is 13.7. The molecule has 1 atom stereocenters. The predicted molar refractivity (Wildman–Crippen MR) is 202 cm³/mol. The van der Waals surface area contributed by atoms with E-state index in [9.17, 15) is 4.79 Å². The number of aromatic amines is 1. The Labute approximate surface area is 302 Å². The molecule has 4 heterocycles. The van der Waals surface area contributed by atoms with Gasteiger partial charge in [-0.1, -0.05) is 91.0 Å². The minimum absolute atomic E-state index is 0.110. The van der Waals surface area contributed by atoms with Gasteiger partial charge in [0.1, 0.15) is 11.5 Å². The Morgan fingerprint density at radius 3 is 2.38 bits per heavy atom. The molecular weight excluding hydrogens is 665 g/mol. The van der Waals surface area contributed by atoms with Crippen molar-refractivity contribution in [3.05, 3.63) is 113 Å². The number of halogens is 2. The van der Waals surface area contributed by atoms with Gasteiger partial charge in [-0.25, -0.2) is 9.67 Å². The highest BCUT2D eigenvalue weighted by Gasteiger charge is 2.30. The summed E-state index contributed by atoms with van der Waals surface area (Å²) in [4.78, 5) is 25.6. The minimum Gasteiger partial charge on any atom is -0.350 e. The van der Waals surface area contributed by atoms with Gasteiger partial charge in [-0.2, -0.15) is 5.10 Å². The Morgan fingerprint density at radius 2 is 1.62 bits per heavy atom. The molecule has 8 rings (SSSR count). The monoisotopic (exact) mass is 705 g/mol. The predicted octanol–water partition coefficient (Wildman–Crippen LogP) is 10.0. The highest BCUT2D eigenvalue weighted by molar-refractivity contribution is 6.31. The SMILES string of the molecule is C[C@@H](c1ccc(Cl)cc1)n1cnc(-c2ccccc2)c1-c1c(C(=O)Nc2ccnn2C2CCN(C3CCCCC3)CC2)[nH]c2cc(Cl)ccc12. The number of hydrogen-bond acceptors (Lipinski definition) is 4. The number of piperidine rings is 1. The molecule has 256 valence electrons. The van der Waals surface area contributed by atoms with Gasteiger partial charge in [-0.15, -0.1) is 0 Å². The number of fused-ring (bicyclic) bond motifs is 1. The van der Waals surface area contributed by atoms with E-state index >= 15 is 0 Å². The molecule has 6 aromatic rings. The van der Waals surface area contributed by atoms with Crippen molar-refractivity contribution in [1.29, 1.82) is 0 Å². The zero-order chi connectivity index (χ0) is 34.2. The molecule has 2 aliphatic rings. The molecule has 50 heavy (non-hydrogen) atoms. The molecule has 8 nitrogen and oxygen atoms in total. The van der Waals surface area contributed by atoms with Crippen molar-refractivity contribution in [1.82, 2.24) is 29.2 Å². The summed E-state index contributed by atoms with van der Waals surface area (Å²) in [5, 5.41) is 10.1. The third kappa shape index (κ3) is 6.36. The first-order valence-corrected chi connectivity index (χ1v) is 18.5. The minimum atomic E-state index is -0.250. The quantitative estimate of drug-likeness (QED) is 0.165. The Hall–Kier alpha value is -4.37. The Bertz CT molecular complexity index is 2100. The van der Waals surface area contributed by atoms with E-state index in [-0.39, 0.29) is 18.0 Å². The molecular formula is C40H41Cl2N7O. The van der Waals surface area contributed by atoms with Crippen LogP contribution in [0.2, 0.25) is 10.0 Å². The summed E-state index contributed by atoms with van der Waals surface area (Å²) in [6, 6.07) is 26.4. The number of imidazole rings is 1. The fraction of sp³-hybridized carbons (Fsp3) is 0.325. The van der Waals surface area contributed by atoms with E-state index in [2.05, 4.69) is 26.7 Å². The second kappa shape index (κ2) is 14.1. The Morgan fingerprint density at radius 1 is 0.880 bits per heavy atom. The zero-order valence-corrected chi connectivity index (χ0v) is 29.7. The molecule has 3 aromatic carbocycles. The van der Waals surface area contributed by atoms with Crippen molar-refractivity contribution >= 4 is 45.8 Å². The number of amides is 1. The first-order valence-electron chi connectivity index (χ1n) is 17.7. The molecule has 10 heteroatoms. The van der Waals surface area contributed by atoms with Crippen LogP contribution in [0.1, 0.15) is 80.0 Å². The third-order valence-corrected chi connectivity index (χ3v) is 11.2. The summed E-state index contributed by atoms with van der Waals surface area (Å²) in [7, 11) is 0. The molecule has 1 aliphatic heterocycles. The summed E-state index contributed by atoms with van der Waals surface area (Å²) in [6.07, 6.45) is 12.4. The van der Waals surface area contributed by atoms with Gasteiger partial charge in [-0.3, -0.25) is 4.79 Å². The molecule has 1 saturated carbocycles. The second-order valence-corrected chi connectivity index (χ2v) is 14.6. The van der Waals surface area contributed by atoms with Crippen LogP contribution in [0.4, 0.5) is 5.82 Å². The van der Waals surface area contributed by atoms with Crippen LogP contribution in [0, 0.1) is 0 Å². The summed E-state index contributed by atoms with van der Waals surface area (Å²) >= 11 is 12.8. The van der Waals surface area contributed by atoms with Gasteiger partial charge >= 0.3 is 0 Å². The van der Waals surface area contributed by atoms with Crippen LogP contribution in [0.25, 0.3) is 33.4 Å². The molecule has 1 aliphatic carbocycles. The molecule has 0 unspecified atom stereocenters. The lowest BCUT2D eigenvalue weighted by atomic mass is 9.92. The van der Waals surface area contributed by atoms with Crippen LogP contribution in [0.5, 0.6) is 0 Å². The van der Waals surface area contributed by atoms with Gasteiger partial charge in [0.25, 0.3) is 5.91 Å². The molecule has 3 aromatic heterocycles. The average molecular weight is 707 g/mol. The number of benzene rings is 3. The van der Waals surface area contributed by atoms with Gasteiger partial charge in [-0.05, 0) is 62.4 Å². The first kappa shape index (κ1) is 32.8. The number of carbonyl (C=O) groups is 1. The maximum Gasteiger partial charge on any atom is 0.273 e. The molecule has 0 bridgehead atoms. The number of carbonyl (C=O) groups excluding carboxylic acids is 1. The topological polar surface area (TPSA) is 83.8 Å². The fourth-order valence-corrected chi connectivity index (χ4v) is 8.32. The van der Waals surface area contributed by atoms with Crippen molar-refractivity contribution in [3.63, 3.8) is 0 Å². The van der Waals surface area contributed by atoms with Gasteiger partial charge in [0, 0.05) is 57.3 Å². The summed E-state index contributed by atoms with van der Waals surface area (Å²) < 4.78 is 4.15. The van der Waals surface area contributed by atoms with Crippen LogP contribution in [-0.2, 0) is 0 Å². The van der Waals surface area contributed by atoms with E-state index in [0.717, 1.165) is 64.9 Å². The van der Waals surface area contributed by atoms with Crippen molar-refractivity contribution in [3.8, 4) is 22.5 Å². The van der Waals surface area contributed by atoms with Crippen molar-refractivity contribution in [2.75, 3.05) is 18.4 Å². The number of anilines is 1. The standard InChI is InChI=1S/C40H41Cl2N7O/c1-26(27-12-14-29(41)15-13-27)48-25-43-37(28-8-4-2-5-9-28)39(48)36-33-17-16-30(42)24-34(33)45-38(36)40(50)46-35-18-21-44-49(35)32-19-22-47(23-20-32)31-10-6-3-7-11-31/h2,4-5,8-9,12-18,21,24-26,31-32,45H,3,6-7,10-11,19-20,22-23H2,1H3,(H,46,50)/t26-/m0/s1. The molecule has 0 radical (unpaired) electrons. The Balaban J connectivity index is 1.17. The van der Waals surface area contributed by atoms with Crippen molar-refractivity contribution in [2.24, 2.45) is 0 Å². The van der Waals surface area contributed by atoms with Crippen LogP contribution in [0.15, 0.2) is 91.4 Å². The highest BCUT2D eigenvalue weighted by atomic mass is 35.5. The van der Waals surface area contributed by atoms with E-state index in [0.29, 0.717) is 27.6 Å². The van der Waals surface area contributed by atoms with Gasteiger partial charge in [0.05, 0.1) is 36.0 Å². The van der Waals surface area contributed by atoms with Crippen molar-refractivity contribution in [2.45, 2.75) is 70.0 Å².